The predicted octanol–water partition coefficient (Wildman–Crippen LogP) is 3.89. The van der Waals surface area contributed by atoms with Gasteiger partial charge in [0.15, 0.2) is 0 Å². The molecule has 30 heavy (non-hydrogen) atoms. The standard InChI is InChI=1S/C25H25N3O2/c29-24(15-22-20-8-4-5-9-21(20)23-16-26-17-28(22)23)19-10-12-27(13-11-19)25(30)14-18-6-2-1-3-7-18/h1-9,16-17,19,22H,10-15H2. The number of aromatic nitrogens is 2. The average Bonchev–Trinajstić information content (AvgIpc) is 3.37. The summed E-state index contributed by atoms with van der Waals surface area (Å²) in [5.41, 5.74) is 4.51. The molecule has 1 unspecified atom stereocenters. The van der Waals surface area contributed by atoms with Crippen LogP contribution in [0, 0.1) is 5.92 Å². The Morgan fingerprint density at radius 3 is 2.50 bits per heavy atom. The monoisotopic (exact) mass is 399 g/mol. The molecule has 0 spiro atoms. The Balaban J connectivity index is 1.20. The molecular formula is C25H25N3O2. The van der Waals surface area contributed by atoms with E-state index in [0.717, 1.165) is 24.1 Å². The number of Topliss-reactive ketones (excluding diaryl/α,β-unsaturated/α-hetero) is 1. The molecule has 0 N–H and O–H groups in total. The Kier molecular flexibility index (Phi) is 4.95. The molecule has 1 aromatic heterocycles. The van der Waals surface area contributed by atoms with Crippen LogP contribution in [-0.4, -0.2) is 39.2 Å². The van der Waals surface area contributed by atoms with Crippen molar-refractivity contribution in [1.82, 2.24) is 14.5 Å². The predicted molar refractivity (Wildman–Crippen MR) is 115 cm³/mol. The fourth-order valence-electron chi connectivity index (χ4n) is 4.83. The van der Waals surface area contributed by atoms with Gasteiger partial charge in [0.2, 0.25) is 5.91 Å². The lowest BCUT2D eigenvalue weighted by atomic mass is 9.87. The Morgan fingerprint density at radius 2 is 1.70 bits per heavy atom. The summed E-state index contributed by atoms with van der Waals surface area (Å²) >= 11 is 0. The van der Waals surface area contributed by atoms with Crippen LogP contribution in [0.1, 0.15) is 36.4 Å². The molecule has 5 rings (SSSR count). The van der Waals surface area contributed by atoms with E-state index in [9.17, 15) is 9.59 Å². The molecule has 0 radical (unpaired) electrons. The maximum absolute atomic E-state index is 13.1. The number of nitrogens with zero attached hydrogens (tertiary/aromatic N) is 3. The summed E-state index contributed by atoms with van der Waals surface area (Å²) in [7, 11) is 0. The van der Waals surface area contributed by atoms with E-state index in [1.165, 1.54) is 11.1 Å². The van der Waals surface area contributed by atoms with E-state index in [4.69, 9.17) is 0 Å². The maximum atomic E-state index is 13.1. The average molecular weight is 399 g/mol. The van der Waals surface area contributed by atoms with Crippen molar-refractivity contribution in [3.05, 3.63) is 78.2 Å². The normalized spacial score (nSPS) is 18.1. The highest BCUT2D eigenvalue weighted by molar-refractivity contribution is 5.84. The van der Waals surface area contributed by atoms with Crippen molar-refractivity contribution >= 4 is 11.7 Å². The van der Waals surface area contributed by atoms with Crippen molar-refractivity contribution in [1.29, 1.82) is 0 Å². The van der Waals surface area contributed by atoms with Crippen LogP contribution in [0.5, 0.6) is 0 Å². The Labute approximate surface area is 176 Å². The molecule has 3 aromatic rings. The zero-order valence-electron chi connectivity index (χ0n) is 16.9. The molecule has 2 aliphatic heterocycles. The van der Waals surface area contributed by atoms with Gasteiger partial charge in [-0.3, -0.25) is 9.59 Å². The van der Waals surface area contributed by atoms with Crippen LogP contribution in [0.2, 0.25) is 0 Å². The molecular weight excluding hydrogens is 374 g/mol. The fourth-order valence-corrected chi connectivity index (χ4v) is 4.83. The first-order chi connectivity index (χ1) is 14.7. The molecule has 2 aliphatic rings. The Morgan fingerprint density at radius 1 is 0.967 bits per heavy atom. The van der Waals surface area contributed by atoms with Gasteiger partial charge in [0.1, 0.15) is 5.78 Å². The van der Waals surface area contributed by atoms with E-state index < -0.39 is 0 Å². The summed E-state index contributed by atoms with van der Waals surface area (Å²) in [6.07, 6.45) is 6.14. The number of hydrogen-bond donors (Lipinski definition) is 0. The zero-order chi connectivity index (χ0) is 20.5. The number of piperidine rings is 1. The van der Waals surface area contributed by atoms with Crippen LogP contribution in [0.25, 0.3) is 11.3 Å². The summed E-state index contributed by atoms with van der Waals surface area (Å²) in [5.74, 6) is 0.483. The number of carbonyl (C=O) groups is 2. The fraction of sp³-hybridized carbons (Fsp3) is 0.320. The molecule has 1 amide bonds. The van der Waals surface area contributed by atoms with Crippen LogP contribution in [0.4, 0.5) is 0 Å². The third-order valence-corrected chi connectivity index (χ3v) is 6.49. The van der Waals surface area contributed by atoms with Gasteiger partial charge in [-0.05, 0) is 24.0 Å². The summed E-state index contributed by atoms with van der Waals surface area (Å²) in [5, 5.41) is 0. The molecule has 1 fully saturated rings. The lowest BCUT2D eigenvalue weighted by Gasteiger charge is -2.32. The smallest absolute Gasteiger partial charge is 0.226 e. The molecule has 0 saturated carbocycles. The number of fused-ring (bicyclic) bond motifs is 3. The second-order valence-corrected chi connectivity index (χ2v) is 8.28. The van der Waals surface area contributed by atoms with E-state index in [-0.39, 0.29) is 17.9 Å². The molecule has 5 nitrogen and oxygen atoms in total. The van der Waals surface area contributed by atoms with Gasteiger partial charge in [-0.15, -0.1) is 0 Å². The molecule has 3 heterocycles. The number of amides is 1. The highest BCUT2D eigenvalue weighted by Gasteiger charge is 2.33. The third kappa shape index (κ3) is 3.45. The van der Waals surface area contributed by atoms with E-state index >= 15 is 0 Å². The molecule has 5 heteroatoms. The molecule has 1 atom stereocenters. The molecule has 0 bridgehead atoms. The van der Waals surface area contributed by atoms with Crippen LogP contribution < -0.4 is 0 Å². The maximum Gasteiger partial charge on any atom is 0.226 e. The largest absolute Gasteiger partial charge is 0.342 e. The van der Waals surface area contributed by atoms with Gasteiger partial charge in [0.25, 0.3) is 0 Å². The number of benzene rings is 2. The van der Waals surface area contributed by atoms with Crippen LogP contribution in [0.3, 0.4) is 0 Å². The van der Waals surface area contributed by atoms with E-state index in [1.54, 1.807) is 0 Å². The minimum Gasteiger partial charge on any atom is -0.342 e. The minimum absolute atomic E-state index is 0.0314. The van der Waals surface area contributed by atoms with Gasteiger partial charge in [-0.25, -0.2) is 4.98 Å². The van der Waals surface area contributed by atoms with E-state index in [0.29, 0.717) is 31.7 Å². The molecule has 2 aromatic carbocycles. The lowest BCUT2D eigenvalue weighted by molar-refractivity contribution is -0.134. The zero-order valence-corrected chi connectivity index (χ0v) is 16.9. The van der Waals surface area contributed by atoms with E-state index in [2.05, 4.69) is 21.7 Å². The first-order valence-electron chi connectivity index (χ1n) is 10.7. The van der Waals surface area contributed by atoms with Crippen molar-refractivity contribution in [2.75, 3.05) is 13.1 Å². The number of carbonyl (C=O) groups excluding carboxylic acids is 2. The van der Waals surface area contributed by atoms with Gasteiger partial charge < -0.3 is 9.47 Å². The van der Waals surface area contributed by atoms with Gasteiger partial charge in [-0.2, -0.15) is 0 Å². The van der Waals surface area contributed by atoms with Crippen molar-refractivity contribution in [3.63, 3.8) is 0 Å². The molecule has 152 valence electrons. The van der Waals surface area contributed by atoms with Gasteiger partial charge in [0.05, 0.1) is 30.7 Å². The Hall–Kier alpha value is -3.21. The van der Waals surface area contributed by atoms with Crippen LogP contribution in [-0.2, 0) is 16.0 Å². The number of likely N-dealkylation sites (tertiary alicyclic amines) is 1. The van der Waals surface area contributed by atoms with Crippen molar-refractivity contribution in [2.24, 2.45) is 5.92 Å². The van der Waals surface area contributed by atoms with Gasteiger partial charge in [0, 0.05) is 31.0 Å². The van der Waals surface area contributed by atoms with Crippen molar-refractivity contribution in [3.8, 4) is 11.3 Å². The summed E-state index contributed by atoms with van der Waals surface area (Å²) in [6, 6.07) is 18.2. The van der Waals surface area contributed by atoms with Crippen molar-refractivity contribution in [2.45, 2.75) is 31.7 Å². The quantitative estimate of drug-likeness (QED) is 0.654. The number of ketones is 1. The first kappa shape index (κ1) is 18.8. The number of imidazole rings is 1. The molecule has 1 saturated heterocycles. The van der Waals surface area contributed by atoms with E-state index in [1.807, 2.05) is 59.9 Å². The third-order valence-electron chi connectivity index (χ3n) is 6.49. The lowest BCUT2D eigenvalue weighted by Crippen LogP contribution is -2.41. The highest BCUT2D eigenvalue weighted by Crippen LogP contribution is 2.41. The second kappa shape index (κ2) is 7.90. The Bertz CT molecular complexity index is 1060. The number of rotatable bonds is 5. The van der Waals surface area contributed by atoms with Gasteiger partial charge >= 0.3 is 0 Å². The summed E-state index contributed by atoms with van der Waals surface area (Å²) in [6.45, 7) is 1.33. The topological polar surface area (TPSA) is 55.2 Å². The second-order valence-electron chi connectivity index (χ2n) is 8.28. The highest BCUT2D eigenvalue weighted by atomic mass is 16.2. The van der Waals surface area contributed by atoms with Crippen molar-refractivity contribution < 1.29 is 9.59 Å². The first-order valence-corrected chi connectivity index (χ1v) is 10.7. The summed E-state index contributed by atoms with van der Waals surface area (Å²) < 4.78 is 2.13. The van der Waals surface area contributed by atoms with Crippen LogP contribution in [0.15, 0.2) is 67.1 Å². The SMILES string of the molecule is O=C(CC1c2ccccc2-c2cncn21)C1CCN(C(=O)Cc2ccccc2)CC1. The minimum atomic E-state index is 0.0314. The summed E-state index contributed by atoms with van der Waals surface area (Å²) in [4.78, 5) is 31.9. The van der Waals surface area contributed by atoms with Gasteiger partial charge in [-0.1, -0.05) is 54.6 Å². The van der Waals surface area contributed by atoms with Crippen LogP contribution >= 0.6 is 0 Å². The molecule has 0 aliphatic carbocycles. The number of hydrogen-bond acceptors (Lipinski definition) is 3.